The van der Waals surface area contributed by atoms with E-state index in [-0.39, 0.29) is 6.10 Å². The van der Waals surface area contributed by atoms with E-state index in [4.69, 9.17) is 0 Å². The van der Waals surface area contributed by atoms with Gasteiger partial charge in [0.2, 0.25) is 0 Å². The second-order valence-corrected chi connectivity index (χ2v) is 5.67. The van der Waals surface area contributed by atoms with Crippen molar-refractivity contribution < 1.29 is 5.11 Å². The van der Waals surface area contributed by atoms with Crippen LogP contribution in [0.5, 0.6) is 0 Å². The first kappa shape index (κ1) is 13.2. The highest BCUT2D eigenvalue weighted by Gasteiger charge is 2.19. The van der Waals surface area contributed by atoms with Crippen LogP contribution in [-0.4, -0.2) is 17.8 Å². The highest BCUT2D eigenvalue weighted by atomic mass is 16.3. The van der Waals surface area contributed by atoms with Gasteiger partial charge in [0.15, 0.2) is 0 Å². The molecule has 1 N–H and O–H groups in total. The van der Waals surface area contributed by atoms with Crippen molar-refractivity contribution >= 4 is 5.69 Å². The number of hydrogen-bond acceptors (Lipinski definition) is 2. The van der Waals surface area contributed by atoms with E-state index in [1.54, 1.807) is 0 Å². The number of benzene rings is 2. The highest BCUT2D eigenvalue weighted by molar-refractivity contribution is 5.59. The number of hydrogen-bond donors (Lipinski definition) is 1. The highest BCUT2D eigenvalue weighted by Crippen LogP contribution is 2.30. The van der Waals surface area contributed by atoms with Crippen LogP contribution in [0.15, 0.2) is 48.5 Å². The summed E-state index contributed by atoms with van der Waals surface area (Å²) < 4.78 is 0. The molecular weight excluding hydrogens is 246 g/mol. The van der Waals surface area contributed by atoms with Gasteiger partial charge >= 0.3 is 0 Å². The summed E-state index contributed by atoms with van der Waals surface area (Å²) in [6.45, 7) is 3.90. The number of aliphatic hydroxyl groups is 1. The molecule has 104 valence electrons. The summed E-state index contributed by atoms with van der Waals surface area (Å²) in [5.74, 6) is 0. The van der Waals surface area contributed by atoms with E-state index in [9.17, 15) is 5.11 Å². The molecule has 1 aliphatic heterocycles. The van der Waals surface area contributed by atoms with E-state index in [0.717, 1.165) is 25.9 Å². The van der Waals surface area contributed by atoms with E-state index in [1.807, 2.05) is 6.92 Å². The summed E-state index contributed by atoms with van der Waals surface area (Å²) in [4.78, 5) is 2.44. The molecule has 2 aromatic carbocycles. The lowest BCUT2D eigenvalue weighted by Crippen LogP contribution is -2.19. The van der Waals surface area contributed by atoms with Gasteiger partial charge in [-0.2, -0.15) is 0 Å². The fourth-order valence-corrected chi connectivity index (χ4v) is 2.96. The van der Waals surface area contributed by atoms with Crippen LogP contribution < -0.4 is 4.90 Å². The van der Waals surface area contributed by atoms with Crippen LogP contribution in [0.3, 0.4) is 0 Å². The van der Waals surface area contributed by atoms with Gasteiger partial charge in [-0.05, 0) is 42.5 Å². The van der Waals surface area contributed by atoms with Crippen LogP contribution in [0, 0.1) is 0 Å². The van der Waals surface area contributed by atoms with Crippen LogP contribution >= 0.6 is 0 Å². The van der Waals surface area contributed by atoms with Gasteiger partial charge in [0.05, 0.1) is 6.10 Å². The Kier molecular flexibility index (Phi) is 3.75. The van der Waals surface area contributed by atoms with E-state index in [1.165, 1.54) is 22.4 Å². The van der Waals surface area contributed by atoms with Crippen LogP contribution in [0.25, 0.3) is 0 Å². The van der Waals surface area contributed by atoms with E-state index >= 15 is 0 Å². The molecular formula is C18H21NO. The van der Waals surface area contributed by atoms with Gasteiger partial charge in [0.1, 0.15) is 0 Å². The molecule has 1 aliphatic rings. The SMILES string of the molecule is CC(O)Cc1ccc2c(c1)CCN2Cc1ccccc1. The average molecular weight is 267 g/mol. The Morgan fingerprint density at radius 2 is 1.90 bits per heavy atom. The summed E-state index contributed by atoms with van der Waals surface area (Å²) in [6, 6.07) is 17.2. The van der Waals surface area contributed by atoms with E-state index in [0.29, 0.717) is 0 Å². The number of aliphatic hydroxyl groups excluding tert-OH is 1. The molecule has 1 heterocycles. The van der Waals surface area contributed by atoms with Crippen molar-refractivity contribution in [2.45, 2.75) is 32.4 Å². The molecule has 2 heteroatoms. The Labute approximate surface area is 120 Å². The van der Waals surface area contributed by atoms with Crippen molar-refractivity contribution in [1.29, 1.82) is 0 Å². The van der Waals surface area contributed by atoms with Gasteiger partial charge in [-0.25, -0.2) is 0 Å². The first-order valence-corrected chi connectivity index (χ1v) is 7.31. The average Bonchev–Trinajstić information content (AvgIpc) is 2.82. The minimum Gasteiger partial charge on any atom is -0.393 e. The number of anilines is 1. The Hall–Kier alpha value is -1.80. The quantitative estimate of drug-likeness (QED) is 0.919. The van der Waals surface area contributed by atoms with Crippen LogP contribution in [0.2, 0.25) is 0 Å². The van der Waals surface area contributed by atoms with Gasteiger partial charge < -0.3 is 10.0 Å². The Bertz CT molecular complexity index is 577. The first-order chi connectivity index (χ1) is 9.72. The number of nitrogens with zero attached hydrogens (tertiary/aromatic N) is 1. The molecule has 1 unspecified atom stereocenters. The Balaban J connectivity index is 1.77. The van der Waals surface area contributed by atoms with Gasteiger partial charge in [-0.1, -0.05) is 42.5 Å². The maximum atomic E-state index is 9.49. The molecule has 2 aromatic rings. The third-order valence-corrected chi connectivity index (χ3v) is 3.88. The van der Waals surface area contributed by atoms with Gasteiger partial charge in [-0.15, -0.1) is 0 Å². The lowest BCUT2D eigenvalue weighted by molar-refractivity contribution is 0.195. The number of rotatable bonds is 4. The molecule has 2 nitrogen and oxygen atoms in total. The summed E-state index contributed by atoms with van der Waals surface area (Å²) >= 11 is 0. The minimum atomic E-state index is -0.269. The molecule has 0 aliphatic carbocycles. The normalized spacial score (nSPS) is 15.2. The van der Waals surface area contributed by atoms with Crippen molar-refractivity contribution in [2.75, 3.05) is 11.4 Å². The second-order valence-electron chi connectivity index (χ2n) is 5.67. The fraction of sp³-hybridized carbons (Fsp3) is 0.333. The monoisotopic (exact) mass is 267 g/mol. The Morgan fingerprint density at radius 3 is 2.65 bits per heavy atom. The molecule has 0 spiro atoms. The zero-order chi connectivity index (χ0) is 13.9. The summed E-state index contributed by atoms with van der Waals surface area (Å²) in [5, 5.41) is 9.49. The fourth-order valence-electron chi connectivity index (χ4n) is 2.96. The molecule has 1 atom stereocenters. The molecule has 0 saturated heterocycles. The zero-order valence-electron chi connectivity index (χ0n) is 11.9. The van der Waals surface area contributed by atoms with Gasteiger partial charge in [0, 0.05) is 18.8 Å². The van der Waals surface area contributed by atoms with Crippen LogP contribution in [0.4, 0.5) is 5.69 Å². The largest absolute Gasteiger partial charge is 0.393 e. The summed E-state index contributed by atoms with van der Waals surface area (Å²) in [7, 11) is 0. The molecule has 3 rings (SSSR count). The zero-order valence-corrected chi connectivity index (χ0v) is 11.9. The first-order valence-electron chi connectivity index (χ1n) is 7.31. The molecule has 0 bridgehead atoms. The van der Waals surface area contributed by atoms with Crippen LogP contribution in [-0.2, 0) is 19.4 Å². The summed E-state index contributed by atoms with van der Waals surface area (Å²) in [6.07, 6.45) is 1.58. The maximum Gasteiger partial charge on any atom is 0.0552 e. The van der Waals surface area contributed by atoms with Crippen molar-refractivity contribution in [1.82, 2.24) is 0 Å². The third-order valence-electron chi connectivity index (χ3n) is 3.88. The minimum absolute atomic E-state index is 0.269. The van der Waals surface area contributed by atoms with Gasteiger partial charge in [0.25, 0.3) is 0 Å². The van der Waals surface area contributed by atoms with Gasteiger partial charge in [-0.3, -0.25) is 0 Å². The molecule has 0 fully saturated rings. The van der Waals surface area contributed by atoms with Crippen molar-refractivity contribution in [3.05, 3.63) is 65.2 Å². The van der Waals surface area contributed by atoms with Crippen molar-refractivity contribution in [2.24, 2.45) is 0 Å². The maximum absolute atomic E-state index is 9.49. The molecule has 0 saturated carbocycles. The van der Waals surface area contributed by atoms with Crippen molar-refractivity contribution in [3.8, 4) is 0 Å². The standard InChI is InChI=1S/C18H21NO/c1-14(20)11-16-7-8-18-17(12-16)9-10-19(18)13-15-5-3-2-4-6-15/h2-8,12,14,20H,9-11,13H2,1H3. The predicted octanol–water partition coefficient (Wildman–Crippen LogP) is 3.17. The molecule has 0 aromatic heterocycles. The third kappa shape index (κ3) is 2.86. The van der Waals surface area contributed by atoms with E-state index in [2.05, 4.69) is 53.4 Å². The lowest BCUT2D eigenvalue weighted by Gasteiger charge is -2.19. The van der Waals surface area contributed by atoms with Crippen LogP contribution in [0.1, 0.15) is 23.6 Å². The number of fused-ring (bicyclic) bond motifs is 1. The molecule has 20 heavy (non-hydrogen) atoms. The topological polar surface area (TPSA) is 23.5 Å². The summed E-state index contributed by atoms with van der Waals surface area (Å²) in [5.41, 5.74) is 5.36. The predicted molar refractivity (Wildman–Crippen MR) is 83.0 cm³/mol. The van der Waals surface area contributed by atoms with Crippen molar-refractivity contribution in [3.63, 3.8) is 0 Å². The second kappa shape index (κ2) is 5.68. The lowest BCUT2D eigenvalue weighted by atomic mass is 10.0. The van der Waals surface area contributed by atoms with E-state index < -0.39 is 0 Å². The molecule has 0 amide bonds. The smallest absolute Gasteiger partial charge is 0.0552 e. The Morgan fingerprint density at radius 1 is 1.10 bits per heavy atom. The molecule has 0 radical (unpaired) electrons.